The summed E-state index contributed by atoms with van der Waals surface area (Å²) in [7, 11) is 3.07. The van der Waals surface area contributed by atoms with Crippen molar-refractivity contribution in [3.05, 3.63) is 101 Å². The van der Waals surface area contributed by atoms with E-state index in [4.69, 9.17) is 25.4 Å². The van der Waals surface area contributed by atoms with Gasteiger partial charge in [0.15, 0.2) is 17.3 Å². The number of aliphatic imine (C=N–C) groups is 2. The number of carboxylic acids is 1. The highest BCUT2D eigenvalue weighted by atomic mass is 16.5. The highest BCUT2D eigenvalue weighted by Crippen LogP contribution is 2.30. The summed E-state index contributed by atoms with van der Waals surface area (Å²) in [4.78, 5) is 48.2. The Morgan fingerprint density at radius 3 is 2.39 bits per heavy atom. The van der Waals surface area contributed by atoms with Crippen molar-refractivity contribution in [3.8, 4) is 17.2 Å². The molecule has 2 aliphatic heterocycles. The number of amides is 2. The van der Waals surface area contributed by atoms with E-state index in [9.17, 15) is 19.5 Å². The molecule has 0 aliphatic carbocycles. The van der Waals surface area contributed by atoms with Crippen molar-refractivity contribution in [1.82, 2.24) is 15.5 Å². The Bertz CT molecular complexity index is 1820. The summed E-state index contributed by atoms with van der Waals surface area (Å²) >= 11 is 0. The van der Waals surface area contributed by atoms with Gasteiger partial charge in [0.1, 0.15) is 23.3 Å². The van der Waals surface area contributed by atoms with Crippen LogP contribution < -0.4 is 30.6 Å². The summed E-state index contributed by atoms with van der Waals surface area (Å²) in [5.74, 6) is -1.87. The van der Waals surface area contributed by atoms with Crippen LogP contribution in [0.25, 0.3) is 0 Å². The smallest absolute Gasteiger partial charge is 0.335 e. The summed E-state index contributed by atoms with van der Waals surface area (Å²) in [6.45, 7) is 2.12. The van der Waals surface area contributed by atoms with E-state index in [-0.39, 0.29) is 51.9 Å². The van der Waals surface area contributed by atoms with Crippen molar-refractivity contribution in [2.75, 3.05) is 20.7 Å². The van der Waals surface area contributed by atoms with E-state index >= 15 is 0 Å². The average Bonchev–Trinajstić information content (AvgIpc) is 3.02. The Kier molecular flexibility index (Phi) is 8.98. The Labute approximate surface area is 263 Å². The third-order valence-corrected chi connectivity index (χ3v) is 6.77. The first-order valence-corrected chi connectivity index (χ1v) is 14.1. The molecule has 0 saturated heterocycles. The lowest BCUT2D eigenvalue weighted by atomic mass is 10.0. The van der Waals surface area contributed by atoms with Gasteiger partial charge >= 0.3 is 12.0 Å². The summed E-state index contributed by atoms with van der Waals surface area (Å²) in [5.41, 5.74) is 6.90. The molecule has 14 nitrogen and oxygen atoms in total. The molecule has 6 N–H and O–H groups in total. The van der Waals surface area contributed by atoms with Crippen LogP contribution >= 0.6 is 0 Å². The molecular weight excluding hydrogens is 594 g/mol. The van der Waals surface area contributed by atoms with Crippen LogP contribution in [0.15, 0.2) is 88.3 Å². The van der Waals surface area contributed by atoms with Gasteiger partial charge in [0, 0.05) is 31.6 Å². The zero-order valence-electron chi connectivity index (χ0n) is 25.2. The summed E-state index contributed by atoms with van der Waals surface area (Å²) in [6, 6.07) is 17.0. The number of ether oxygens (including phenoxy) is 3. The summed E-state index contributed by atoms with van der Waals surface area (Å²) in [6.07, 6.45) is 0.306. The van der Waals surface area contributed by atoms with E-state index in [2.05, 4.69) is 20.6 Å². The minimum atomic E-state index is -1.28. The predicted molar refractivity (Wildman–Crippen MR) is 168 cm³/mol. The lowest BCUT2D eigenvalue weighted by Crippen LogP contribution is -2.51. The van der Waals surface area contributed by atoms with Gasteiger partial charge in [0.2, 0.25) is 5.91 Å². The van der Waals surface area contributed by atoms with Crippen molar-refractivity contribution in [1.29, 1.82) is 5.41 Å². The van der Waals surface area contributed by atoms with Gasteiger partial charge in [-0.1, -0.05) is 30.3 Å². The van der Waals surface area contributed by atoms with Gasteiger partial charge in [0.25, 0.3) is 11.8 Å². The molecule has 5 rings (SSSR count). The molecule has 0 fully saturated rings. The minimum absolute atomic E-state index is 0.0359. The van der Waals surface area contributed by atoms with Crippen LogP contribution in [0.1, 0.15) is 38.8 Å². The fraction of sp³-hybridized carbons (Fsp3) is 0.188. The largest absolute Gasteiger partial charge is 0.490 e. The number of nitrogens with one attached hydrogen (secondary N) is 3. The zero-order chi connectivity index (χ0) is 33.0. The van der Waals surface area contributed by atoms with Crippen LogP contribution in [0.5, 0.6) is 17.2 Å². The molecule has 0 saturated carbocycles. The molecule has 0 spiro atoms. The number of nitrogens with two attached hydrogens (primary N) is 1. The van der Waals surface area contributed by atoms with Crippen LogP contribution in [0.3, 0.4) is 0 Å². The number of rotatable bonds is 10. The fourth-order valence-corrected chi connectivity index (χ4v) is 4.58. The van der Waals surface area contributed by atoms with Crippen LogP contribution in [0.4, 0.5) is 0 Å². The Balaban J connectivity index is 1.59. The van der Waals surface area contributed by atoms with E-state index in [0.29, 0.717) is 24.3 Å². The average molecular weight is 626 g/mol. The maximum Gasteiger partial charge on any atom is 0.335 e. The van der Waals surface area contributed by atoms with Gasteiger partial charge in [0.05, 0.1) is 12.2 Å². The lowest BCUT2D eigenvalue weighted by Gasteiger charge is -2.28. The molecular formula is C32H31N7O7. The van der Waals surface area contributed by atoms with E-state index in [1.165, 1.54) is 43.3 Å². The number of hydrogen-bond acceptors (Lipinski definition) is 10. The number of carbonyl (C=O) groups excluding carboxylic acids is 2. The highest BCUT2D eigenvalue weighted by molar-refractivity contribution is 6.14. The monoisotopic (exact) mass is 625 g/mol. The number of fused-ring (bicyclic) bond motifs is 1. The minimum Gasteiger partial charge on any atom is -0.490 e. The Morgan fingerprint density at radius 1 is 0.978 bits per heavy atom. The van der Waals surface area contributed by atoms with Crippen molar-refractivity contribution in [3.63, 3.8) is 0 Å². The van der Waals surface area contributed by atoms with E-state index in [1.54, 1.807) is 19.1 Å². The number of carboxylic acid groups (broad SMARTS) is 1. The van der Waals surface area contributed by atoms with E-state index < -0.39 is 23.8 Å². The van der Waals surface area contributed by atoms with Crippen molar-refractivity contribution in [2.45, 2.75) is 19.4 Å². The van der Waals surface area contributed by atoms with Crippen LogP contribution in [0.2, 0.25) is 0 Å². The summed E-state index contributed by atoms with van der Waals surface area (Å²) in [5, 5.41) is 23.3. The number of nitrogen functional groups attached to an aromatic ring is 1. The van der Waals surface area contributed by atoms with Gasteiger partial charge in [-0.3, -0.25) is 25.3 Å². The van der Waals surface area contributed by atoms with Crippen molar-refractivity contribution < 1.29 is 33.7 Å². The maximum atomic E-state index is 13.2. The Hall–Kier alpha value is -6.18. The van der Waals surface area contributed by atoms with Gasteiger partial charge in [-0.15, -0.1) is 0 Å². The topological polar surface area (TPSA) is 201 Å². The first-order chi connectivity index (χ1) is 22.0. The van der Waals surface area contributed by atoms with Gasteiger partial charge in [-0.2, -0.15) is 4.99 Å². The quantitative estimate of drug-likeness (QED) is 0.166. The zero-order valence-corrected chi connectivity index (χ0v) is 25.2. The summed E-state index contributed by atoms with van der Waals surface area (Å²) < 4.78 is 17.8. The molecule has 0 radical (unpaired) electrons. The van der Waals surface area contributed by atoms with E-state index in [0.717, 1.165) is 5.56 Å². The molecule has 2 aliphatic rings. The molecule has 3 aromatic carbocycles. The fourth-order valence-electron chi connectivity index (χ4n) is 4.58. The number of benzene rings is 3. The van der Waals surface area contributed by atoms with Crippen LogP contribution in [0, 0.1) is 5.41 Å². The van der Waals surface area contributed by atoms with Gasteiger partial charge in [-0.25, -0.2) is 4.79 Å². The molecule has 2 heterocycles. The molecule has 1 unspecified atom stereocenters. The molecule has 0 bridgehead atoms. The van der Waals surface area contributed by atoms with Crippen molar-refractivity contribution >= 4 is 35.5 Å². The predicted octanol–water partition coefficient (Wildman–Crippen LogP) is 2.50. The third kappa shape index (κ3) is 6.96. The van der Waals surface area contributed by atoms with Gasteiger partial charge in [-0.05, 0) is 48.9 Å². The number of nitrogens with zero attached hydrogens (tertiary/aromatic N) is 3. The SMILES string of the molecule is CCOc1ccc(C(=N)N)cc1OC1=NC(Oc2cc(C(=O)O)cc(C(=O)N(C)C)c2)=C2NC(=O)C(Cc3ccccc3)N=C2N1. The van der Waals surface area contributed by atoms with Crippen LogP contribution in [-0.2, 0) is 11.2 Å². The molecule has 14 heteroatoms. The number of aromatic carboxylic acids is 1. The first kappa shape index (κ1) is 31.3. The van der Waals surface area contributed by atoms with Gasteiger partial charge < -0.3 is 35.3 Å². The third-order valence-electron chi connectivity index (χ3n) is 6.77. The normalized spacial score (nSPS) is 15.4. The second-order valence-electron chi connectivity index (χ2n) is 10.4. The highest BCUT2D eigenvalue weighted by Gasteiger charge is 2.34. The van der Waals surface area contributed by atoms with Crippen molar-refractivity contribution in [2.24, 2.45) is 15.7 Å². The molecule has 3 aromatic rings. The maximum absolute atomic E-state index is 13.2. The first-order valence-electron chi connectivity index (χ1n) is 14.1. The number of hydrogen-bond donors (Lipinski definition) is 5. The van der Waals surface area contributed by atoms with Crippen LogP contribution in [-0.4, -0.2) is 72.2 Å². The molecule has 0 aromatic heterocycles. The number of carbonyl (C=O) groups is 3. The second-order valence-corrected chi connectivity index (χ2v) is 10.4. The molecule has 2 amide bonds. The molecule has 46 heavy (non-hydrogen) atoms. The molecule has 236 valence electrons. The second kappa shape index (κ2) is 13.2. The number of amidine groups is 3. The van der Waals surface area contributed by atoms with E-state index in [1.807, 2.05) is 30.3 Å². The molecule has 1 atom stereocenters. The standard InChI is InChI=1S/C32H31N7O7/c1-4-44-23-11-10-18(26(33)34)16-24(23)46-32-37-27-25(36-28(40)22(35-27)12-17-8-6-5-7-9-17)29(38-32)45-21-14-19(30(41)39(2)3)13-20(15-21)31(42)43/h5-11,13-16,22H,4,12H2,1-3H3,(H3,33,34)(H,36,40)(H,42,43)(H,35,37,38). The lowest BCUT2D eigenvalue weighted by molar-refractivity contribution is -0.121. The Morgan fingerprint density at radius 2 is 1.72 bits per heavy atom.